The van der Waals surface area contributed by atoms with Crippen LogP contribution < -0.4 is 5.32 Å². The van der Waals surface area contributed by atoms with E-state index in [9.17, 15) is 14.9 Å². The number of rotatable bonds is 1. The number of carbonyl (C=O) groups excluding carboxylic acids is 1. The number of nitrogens with zero attached hydrogens (tertiary/aromatic N) is 2. The van der Waals surface area contributed by atoms with Gasteiger partial charge in [0, 0.05) is 35.3 Å². The van der Waals surface area contributed by atoms with Crippen LogP contribution in [0.4, 0.5) is 11.4 Å². The van der Waals surface area contributed by atoms with E-state index >= 15 is 0 Å². The maximum absolute atomic E-state index is 12.9. The smallest absolute Gasteiger partial charge is 0.270 e. The van der Waals surface area contributed by atoms with Crippen LogP contribution in [0.15, 0.2) is 42.5 Å². The van der Waals surface area contributed by atoms with Gasteiger partial charge >= 0.3 is 0 Å². The van der Waals surface area contributed by atoms with Crippen LogP contribution in [0.25, 0.3) is 10.9 Å². The average molecular weight is 334 g/mol. The largest absolute Gasteiger partial charge is 0.360 e. The topological polar surface area (TPSA) is 91.3 Å². The number of carbonyl (C=O) groups is 1. The van der Waals surface area contributed by atoms with Crippen LogP contribution in [-0.4, -0.2) is 27.3 Å². The van der Waals surface area contributed by atoms with Crippen molar-refractivity contribution in [3.8, 4) is 0 Å². The second-order valence-corrected chi connectivity index (χ2v) is 6.35. The molecule has 0 bridgehead atoms. The van der Waals surface area contributed by atoms with Gasteiger partial charge in [-0.3, -0.25) is 14.9 Å². The van der Waals surface area contributed by atoms with Crippen molar-refractivity contribution < 1.29 is 9.72 Å². The van der Waals surface area contributed by atoms with Gasteiger partial charge in [-0.1, -0.05) is 18.2 Å². The SMILES string of the molecule is O=C1c2cc([N+](=O)[O-])ccc2NC2c3[nH]c4ccccc4c3CCN12. The summed E-state index contributed by atoms with van der Waals surface area (Å²) in [6, 6.07) is 12.5. The summed E-state index contributed by atoms with van der Waals surface area (Å²) >= 11 is 0. The molecule has 7 nitrogen and oxygen atoms in total. The van der Waals surface area contributed by atoms with Crippen LogP contribution in [0.3, 0.4) is 0 Å². The minimum atomic E-state index is -0.481. The van der Waals surface area contributed by atoms with Crippen LogP contribution in [0.5, 0.6) is 0 Å². The number of anilines is 1. The summed E-state index contributed by atoms with van der Waals surface area (Å²) in [4.78, 5) is 28.6. The fraction of sp³-hybridized carbons (Fsp3) is 0.167. The highest BCUT2D eigenvalue weighted by Gasteiger charge is 2.38. The summed E-state index contributed by atoms with van der Waals surface area (Å²) in [5, 5.41) is 15.5. The van der Waals surface area contributed by atoms with Crippen molar-refractivity contribution >= 4 is 28.2 Å². The Morgan fingerprint density at radius 3 is 2.88 bits per heavy atom. The average Bonchev–Trinajstić information content (AvgIpc) is 3.01. The Hall–Kier alpha value is -3.35. The van der Waals surface area contributed by atoms with Crippen molar-refractivity contribution in [2.24, 2.45) is 0 Å². The second kappa shape index (κ2) is 4.83. The third-order valence-corrected chi connectivity index (χ3v) is 5.03. The molecule has 1 unspecified atom stereocenters. The Balaban J connectivity index is 1.64. The Labute approximate surface area is 142 Å². The number of hydrogen-bond donors (Lipinski definition) is 2. The first-order valence-electron chi connectivity index (χ1n) is 8.09. The molecule has 1 atom stereocenters. The number of para-hydroxylation sites is 1. The highest BCUT2D eigenvalue weighted by Crippen LogP contribution is 2.40. The minimum absolute atomic E-state index is 0.0735. The normalized spacial score (nSPS) is 18.3. The molecule has 25 heavy (non-hydrogen) atoms. The maximum Gasteiger partial charge on any atom is 0.270 e. The fourth-order valence-electron chi connectivity index (χ4n) is 3.86. The van der Waals surface area contributed by atoms with Gasteiger partial charge in [0.1, 0.15) is 6.17 Å². The third-order valence-electron chi connectivity index (χ3n) is 5.03. The van der Waals surface area contributed by atoms with Crippen molar-refractivity contribution in [3.05, 3.63) is 69.4 Å². The molecule has 2 aromatic carbocycles. The standard InChI is InChI=1S/C18H14N4O3/c23-18-13-9-10(22(24)25)5-6-15(13)20-17-16-12(7-8-21(17)18)11-3-1-2-4-14(11)19-16/h1-6,9,17,19-20H,7-8H2. The van der Waals surface area contributed by atoms with Crippen LogP contribution in [0.2, 0.25) is 0 Å². The number of non-ortho nitro benzene ring substituents is 1. The summed E-state index contributed by atoms with van der Waals surface area (Å²) in [5.41, 5.74) is 4.18. The van der Waals surface area contributed by atoms with Gasteiger partial charge in [0.2, 0.25) is 0 Å². The molecule has 2 aliphatic rings. The van der Waals surface area contributed by atoms with Gasteiger partial charge in [-0.25, -0.2) is 0 Å². The number of amides is 1. The van der Waals surface area contributed by atoms with E-state index in [1.807, 2.05) is 18.2 Å². The zero-order chi connectivity index (χ0) is 17.1. The molecule has 1 aromatic heterocycles. The van der Waals surface area contributed by atoms with Gasteiger partial charge in [0.25, 0.3) is 11.6 Å². The molecule has 3 heterocycles. The van der Waals surface area contributed by atoms with E-state index in [4.69, 9.17) is 0 Å². The van der Waals surface area contributed by atoms with Gasteiger partial charge in [0.05, 0.1) is 16.2 Å². The molecule has 2 aliphatic heterocycles. The minimum Gasteiger partial charge on any atom is -0.360 e. The molecule has 0 spiro atoms. The van der Waals surface area contributed by atoms with Gasteiger partial charge in [-0.15, -0.1) is 0 Å². The molecule has 0 saturated carbocycles. The van der Waals surface area contributed by atoms with E-state index in [-0.39, 0.29) is 17.8 Å². The summed E-state index contributed by atoms with van der Waals surface area (Å²) in [5.74, 6) is -0.174. The Morgan fingerprint density at radius 2 is 2.04 bits per heavy atom. The predicted molar refractivity (Wildman–Crippen MR) is 92.5 cm³/mol. The molecule has 0 radical (unpaired) electrons. The summed E-state index contributed by atoms with van der Waals surface area (Å²) in [6.45, 7) is 0.577. The van der Waals surface area contributed by atoms with Crippen LogP contribution >= 0.6 is 0 Å². The maximum atomic E-state index is 12.9. The zero-order valence-corrected chi connectivity index (χ0v) is 13.2. The number of H-pyrrole nitrogens is 1. The summed E-state index contributed by atoms with van der Waals surface area (Å²) in [7, 11) is 0. The fourth-order valence-corrected chi connectivity index (χ4v) is 3.86. The molecule has 124 valence electrons. The molecule has 3 aromatic rings. The highest BCUT2D eigenvalue weighted by atomic mass is 16.6. The third kappa shape index (κ3) is 1.89. The van der Waals surface area contributed by atoms with Crippen LogP contribution in [0, 0.1) is 10.1 Å². The van der Waals surface area contributed by atoms with E-state index < -0.39 is 4.92 Å². The number of benzene rings is 2. The van der Waals surface area contributed by atoms with E-state index in [1.54, 1.807) is 11.0 Å². The Morgan fingerprint density at radius 1 is 1.20 bits per heavy atom. The lowest BCUT2D eigenvalue weighted by Gasteiger charge is -2.40. The monoisotopic (exact) mass is 334 g/mol. The van der Waals surface area contributed by atoms with Gasteiger partial charge in [-0.2, -0.15) is 0 Å². The van der Waals surface area contributed by atoms with Crippen molar-refractivity contribution in [3.63, 3.8) is 0 Å². The lowest BCUT2D eigenvalue weighted by atomic mass is 9.97. The molecular formula is C18H14N4O3. The number of aromatic amines is 1. The van der Waals surface area contributed by atoms with E-state index in [0.29, 0.717) is 17.8 Å². The number of nitrogens with one attached hydrogen (secondary N) is 2. The molecule has 2 N–H and O–H groups in total. The van der Waals surface area contributed by atoms with Crippen molar-refractivity contribution in [1.29, 1.82) is 0 Å². The molecule has 1 amide bonds. The second-order valence-electron chi connectivity index (χ2n) is 6.35. The Bertz CT molecular complexity index is 1060. The lowest BCUT2D eigenvalue weighted by Crippen LogP contribution is -2.46. The van der Waals surface area contributed by atoms with E-state index in [2.05, 4.69) is 16.4 Å². The van der Waals surface area contributed by atoms with Gasteiger partial charge < -0.3 is 15.2 Å². The number of aromatic nitrogens is 1. The zero-order valence-electron chi connectivity index (χ0n) is 13.2. The van der Waals surface area contributed by atoms with E-state index in [0.717, 1.165) is 17.6 Å². The van der Waals surface area contributed by atoms with Crippen LogP contribution in [-0.2, 0) is 6.42 Å². The lowest BCUT2D eigenvalue weighted by molar-refractivity contribution is -0.384. The Kier molecular flexibility index (Phi) is 2.71. The highest BCUT2D eigenvalue weighted by molar-refractivity contribution is 6.03. The molecule has 0 aliphatic carbocycles. The first-order chi connectivity index (χ1) is 12.1. The number of nitro benzene ring substituents is 1. The van der Waals surface area contributed by atoms with Crippen LogP contribution in [0.1, 0.15) is 27.8 Å². The predicted octanol–water partition coefficient (Wildman–Crippen LogP) is 3.20. The number of fused-ring (bicyclic) bond motifs is 6. The first kappa shape index (κ1) is 14.0. The summed E-state index contributed by atoms with van der Waals surface area (Å²) in [6.07, 6.45) is 0.477. The first-order valence-corrected chi connectivity index (χ1v) is 8.09. The van der Waals surface area contributed by atoms with Crippen molar-refractivity contribution in [2.75, 3.05) is 11.9 Å². The quantitative estimate of drug-likeness (QED) is 0.528. The molecular weight excluding hydrogens is 320 g/mol. The van der Waals surface area contributed by atoms with Gasteiger partial charge in [-0.05, 0) is 24.1 Å². The van der Waals surface area contributed by atoms with E-state index in [1.165, 1.54) is 23.1 Å². The molecule has 5 rings (SSSR count). The van der Waals surface area contributed by atoms with Gasteiger partial charge in [0.15, 0.2) is 0 Å². The van der Waals surface area contributed by atoms with Crippen molar-refractivity contribution in [2.45, 2.75) is 12.6 Å². The number of hydrogen-bond acceptors (Lipinski definition) is 4. The molecule has 7 heteroatoms. The van der Waals surface area contributed by atoms with Crippen molar-refractivity contribution in [1.82, 2.24) is 9.88 Å². The number of nitro groups is 1. The molecule has 0 saturated heterocycles. The summed E-state index contributed by atoms with van der Waals surface area (Å²) < 4.78 is 0. The molecule has 0 fully saturated rings.